The van der Waals surface area contributed by atoms with Gasteiger partial charge in [-0.1, -0.05) is 31.1 Å². The van der Waals surface area contributed by atoms with Crippen LogP contribution >= 0.6 is 0 Å². The van der Waals surface area contributed by atoms with Crippen molar-refractivity contribution in [1.82, 2.24) is 0 Å². The summed E-state index contributed by atoms with van der Waals surface area (Å²) in [6.45, 7) is 4.21. The molecule has 119 valence electrons. The van der Waals surface area contributed by atoms with E-state index < -0.39 is 8.80 Å². The third-order valence-electron chi connectivity index (χ3n) is 3.52. The summed E-state index contributed by atoms with van der Waals surface area (Å²) in [5.41, 5.74) is 6.23. The number of fused-ring (bicyclic) bond motifs is 1. The van der Waals surface area contributed by atoms with Crippen molar-refractivity contribution in [2.45, 2.75) is 13.1 Å². The first-order valence-corrected chi connectivity index (χ1v) is 10.1. The van der Waals surface area contributed by atoms with Crippen LogP contribution in [0.4, 0.5) is 10.1 Å². The molecule has 0 spiro atoms. The minimum absolute atomic E-state index is 0.0313. The third kappa shape index (κ3) is 3.44. The van der Waals surface area contributed by atoms with E-state index in [1.807, 2.05) is 12.1 Å². The zero-order chi connectivity index (χ0) is 17.1. The van der Waals surface area contributed by atoms with Gasteiger partial charge >= 0.3 is 0 Å². The van der Waals surface area contributed by atoms with Gasteiger partial charge in [0.15, 0.2) is 0 Å². The van der Waals surface area contributed by atoms with Crippen molar-refractivity contribution >= 4 is 26.1 Å². The Labute approximate surface area is 142 Å². The summed E-state index contributed by atoms with van der Waals surface area (Å²) in [6.07, 6.45) is 0. The van der Waals surface area contributed by atoms with Crippen molar-refractivity contribution < 1.29 is 9.18 Å². The van der Waals surface area contributed by atoms with Gasteiger partial charge in [0.1, 0.15) is 21.2 Å². The van der Waals surface area contributed by atoms with Gasteiger partial charge in [-0.3, -0.25) is 9.79 Å². The predicted octanol–water partition coefficient (Wildman–Crippen LogP) is 3.26. The summed E-state index contributed by atoms with van der Waals surface area (Å²) in [6, 6.07) is 12.0. The summed E-state index contributed by atoms with van der Waals surface area (Å²) in [4.78, 5) is 16.2. The minimum atomic E-state index is -0.661. The van der Waals surface area contributed by atoms with Gasteiger partial charge in [0, 0.05) is 16.7 Å². The molecule has 1 aliphatic rings. The smallest absolute Gasteiger partial charge is 0.246 e. The number of nitrogens with zero attached hydrogens (tertiary/aromatic N) is 1. The highest BCUT2D eigenvalue weighted by Crippen LogP contribution is 2.25. The molecule has 2 aromatic rings. The van der Waals surface area contributed by atoms with Crippen LogP contribution < -0.4 is 5.32 Å². The maximum absolute atomic E-state index is 14.2. The molecule has 1 heterocycles. The average molecular weight is 335 g/mol. The van der Waals surface area contributed by atoms with Gasteiger partial charge in [-0.2, -0.15) is 0 Å². The molecule has 5 heteroatoms. The zero-order valence-electron chi connectivity index (χ0n) is 13.5. The molecule has 0 saturated carbocycles. The van der Waals surface area contributed by atoms with Gasteiger partial charge in [-0.15, -0.1) is 5.54 Å². The first-order chi connectivity index (χ1) is 11.5. The molecule has 1 aliphatic heterocycles. The van der Waals surface area contributed by atoms with Crippen molar-refractivity contribution in [1.29, 1.82) is 0 Å². The van der Waals surface area contributed by atoms with Gasteiger partial charge in [0.2, 0.25) is 5.91 Å². The number of hydrogen-bond donors (Lipinski definition) is 1. The molecule has 0 fully saturated rings. The monoisotopic (exact) mass is 335 g/mol. The fourth-order valence-corrected chi connectivity index (χ4v) is 2.83. The maximum atomic E-state index is 14.2. The Morgan fingerprint density at radius 1 is 1.17 bits per heavy atom. The zero-order valence-corrected chi connectivity index (χ0v) is 14.5. The van der Waals surface area contributed by atoms with Crippen LogP contribution in [-0.4, -0.2) is 27.0 Å². The molecule has 24 heavy (non-hydrogen) atoms. The number of halogens is 1. The predicted molar refractivity (Wildman–Crippen MR) is 96.3 cm³/mol. The van der Waals surface area contributed by atoms with Crippen LogP contribution in [-0.2, 0) is 4.79 Å². The van der Waals surface area contributed by atoms with Crippen molar-refractivity contribution in [2.24, 2.45) is 4.99 Å². The first-order valence-electron chi connectivity index (χ1n) is 7.60. The fraction of sp³-hybridized carbons (Fsp3) is 0.158. The number of benzene rings is 2. The molecule has 3 rings (SSSR count). The highest BCUT2D eigenvalue weighted by Gasteiger charge is 2.20. The third-order valence-corrected chi connectivity index (χ3v) is 4.14. The van der Waals surface area contributed by atoms with Crippen LogP contribution in [0, 0.1) is 17.3 Å². The highest BCUT2D eigenvalue weighted by atomic mass is 28.3. The summed E-state index contributed by atoms with van der Waals surface area (Å²) >= 11 is 0. The molecule has 0 aliphatic carbocycles. The largest absolute Gasteiger partial charge is 0.324 e. The Morgan fingerprint density at radius 2 is 1.96 bits per heavy atom. The van der Waals surface area contributed by atoms with Crippen LogP contribution in [0.1, 0.15) is 16.7 Å². The van der Waals surface area contributed by atoms with Crippen LogP contribution in [0.5, 0.6) is 0 Å². The van der Waals surface area contributed by atoms with Gasteiger partial charge in [0.05, 0.1) is 11.4 Å². The molecule has 0 unspecified atom stereocenters. The van der Waals surface area contributed by atoms with E-state index in [1.54, 1.807) is 24.3 Å². The molecule has 1 radical (unpaired) electrons. The van der Waals surface area contributed by atoms with Crippen molar-refractivity contribution in [2.75, 3.05) is 11.9 Å². The van der Waals surface area contributed by atoms with Gasteiger partial charge in [-0.05, 0) is 30.3 Å². The first kappa shape index (κ1) is 16.2. The van der Waals surface area contributed by atoms with Crippen molar-refractivity contribution in [3.63, 3.8) is 0 Å². The van der Waals surface area contributed by atoms with Crippen molar-refractivity contribution in [3.05, 3.63) is 65.0 Å². The van der Waals surface area contributed by atoms with Crippen molar-refractivity contribution in [3.8, 4) is 11.5 Å². The Hall–Kier alpha value is -2.71. The molecule has 0 aromatic heterocycles. The number of carbonyl (C=O) groups excluding carboxylic acids is 1. The number of nitrogens with one attached hydrogen (secondary N) is 1. The molecule has 1 amide bonds. The van der Waals surface area contributed by atoms with E-state index >= 15 is 0 Å². The van der Waals surface area contributed by atoms with E-state index in [9.17, 15) is 9.18 Å². The molecule has 3 nitrogen and oxygen atoms in total. The van der Waals surface area contributed by atoms with Crippen LogP contribution in [0.3, 0.4) is 0 Å². The van der Waals surface area contributed by atoms with Gasteiger partial charge in [-0.25, -0.2) is 4.39 Å². The van der Waals surface area contributed by atoms with Gasteiger partial charge < -0.3 is 5.32 Å². The second-order valence-corrected chi connectivity index (χ2v) is 7.95. The number of rotatable bonds is 1. The number of amides is 1. The molecule has 0 bridgehead atoms. The SMILES string of the molecule is C[Si](C)C#Cc1ccc2c(c1)C(c1ccccc1F)=NCC(=O)N2. The highest BCUT2D eigenvalue weighted by molar-refractivity contribution is 6.64. The molecule has 2 aromatic carbocycles. The topological polar surface area (TPSA) is 41.5 Å². The lowest BCUT2D eigenvalue weighted by Gasteiger charge is -2.11. The van der Waals surface area contributed by atoms with Gasteiger partial charge in [0.25, 0.3) is 0 Å². The number of benzodiazepines with no additional fused rings is 1. The number of aliphatic imine (C=N–C) groups is 1. The summed E-state index contributed by atoms with van der Waals surface area (Å²) in [7, 11) is -0.661. The molecular weight excluding hydrogens is 319 g/mol. The second-order valence-electron chi connectivity index (χ2n) is 5.70. The lowest BCUT2D eigenvalue weighted by atomic mass is 9.98. The summed E-state index contributed by atoms with van der Waals surface area (Å²) in [5.74, 6) is 2.57. The quantitative estimate of drug-likeness (QED) is 0.631. The lowest BCUT2D eigenvalue weighted by Crippen LogP contribution is -2.13. The standard InChI is InChI=1S/C19H16FN2OSi/c1-24(2)10-9-13-7-8-17-15(11-13)19(21-12-18(23)22-17)14-5-3-4-6-16(14)20/h3-8,11H,12H2,1-2H3,(H,22,23). The Balaban J connectivity index is 2.16. The lowest BCUT2D eigenvalue weighted by molar-refractivity contribution is -0.114. The van der Waals surface area contributed by atoms with E-state index in [0.29, 0.717) is 22.5 Å². The number of anilines is 1. The molecule has 0 atom stereocenters. The minimum Gasteiger partial charge on any atom is -0.324 e. The maximum Gasteiger partial charge on any atom is 0.246 e. The summed E-state index contributed by atoms with van der Waals surface area (Å²) in [5, 5.41) is 2.82. The van der Waals surface area contributed by atoms with E-state index in [0.717, 1.165) is 5.56 Å². The normalized spacial score (nSPS) is 13.3. The molecular formula is C19H16FN2OSi. The average Bonchev–Trinajstić information content (AvgIpc) is 2.71. The number of hydrogen-bond acceptors (Lipinski definition) is 2. The Kier molecular flexibility index (Phi) is 4.58. The van der Waals surface area contributed by atoms with E-state index in [-0.39, 0.29) is 18.3 Å². The van der Waals surface area contributed by atoms with E-state index in [2.05, 4.69) is 34.9 Å². The second kappa shape index (κ2) is 6.81. The molecule has 0 saturated heterocycles. The number of carbonyl (C=O) groups is 1. The van der Waals surface area contributed by atoms with E-state index in [4.69, 9.17) is 0 Å². The Morgan fingerprint density at radius 3 is 2.71 bits per heavy atom. The van der Waals surface area contributed by atoms with Crippen LogP contribution in [0.2, 0.25) is 13.1 Å². The van der Waals surface area contributed by atoms with E-state index in [1.165, 1.54) is 6.07 Å². The Bertz CT molecular complexity index is 894. The van der Waals surface area contributed by atoms with Crippen LogP contribution in [0.15, 0.2) is 47.5 Å². The van der Waals surface area contributed by atoms with Crippen LogP contribution in [0.25, 0.3) is 0 Å². The fourth-order valence-electron chi connectivity index (χ4n) is 2.43. The molecule has 1 N–H and O–H groups in total. The summed E-state index contributed by atoms with van der Waals surface area (Å²) < 4.78 is 14.2.